The number of sulfonamides is 2. The zero-order chi connectivity index (χ0) is 25.9. The van der Waals surface area contributed by atoms with Crippen LogP contribution in [0.25, 0.3) is 0 Å². The van der Waals surface area contributed by atoms with Crippen LogP contribution >= 0.6 is 0 Å². The second-order valence-corrected chi connectivity index (χ2v) is 12.0. The molecule has 0 bridgehead atoms. The molecule has 9 nitrogen and oxygen atoms in total. The molecule has 0 aromatic heterocycles. The number of para-hydroxylation sites is 1. The fraction of sp³-hybridized carbons (Fsp3) is 0.240. The topological polar surface area (TPSA) is 122 Å². The fourth-order valence-corrected chi connectivity index (χ4v) is 6.31. The number of morpholine rings is 1. The Kier molecular flexibility index (Phi) is 7.46. The molecule has 0 saturated carbocycles. The van der Waals surface area contributed by atoms with E-state index in [9.17, 15) is 21.6 Å². The maximum atomic E-state index is 13.0. The minimum absolute atomic E-state index is 0.0314. The van der Waals surface area contributed by atoms with Crippen LogP contribution in [0.3, 0.4) is 0 Å². The Bertz CT molecular complexity index is 1480. The summed E-state index contributed by atoms with van der Waals surface area (Å²) in [6.07, 6.45) is 0. The van der Waals surface area contributed by atoms with Crippen molar-refractivity contribution >= 4 is 37.3 Å². The Balaban J connectivity index is 1.51. The molecule has 1 fully saturated rings. The van der Waals surface area contributed by atoms with E-state index in [1.54, 1.807) is 38.1 Å². The quantitative estimate of drug-likeness (QED) is 0.484. The molecular weight excluding hydrogens is 502 g/mol. The summed E-state index contributed by atoms with van der Waals surface area (Å²) in [5, 5.41) is 2.71. The summed E-state index contributed by atoms with van der Waals surface area (Å²) in [4.78, 5) is 13.1. The van der Waals surface area contributed by atoms with Crippen LogP contribution in [0.4, 0.5) is 11.4 Å². The maximum Gasteiger partial charge on any atom is 0.261 e. The van der Waals surface area contributed by atoms with E-state index in [1.165, 1.54) is 40.7 Å². The van der Waals surface area contributed by atoms with Crippen molar-refractivity contribution < 1.29 is 26.4 Å². The molecule has 1 aliphatic rings. The predicted octanol–water partition coefficient (Wildman–Crippen LogP) is 3.38. The van der Waals surface area contributed by atoms with Crippen LogP contribution < -0.4 is 10.0 Å². The SMILES string of the molecule is Cc1ccccc1NS(=O)(=O)c1ccc(NC(=O)c2cc(S(=O)(=O)N3CCOCC3)ccc2C)cc1. The van der Waals surface area contributed by atoms with Crippen molar-refractivity contribution in [2.45, 2.75) is 23.6 Å². The number of nitrogens with one attached hydrogen (secondary N) is 2. The van der Waals surface area contributed by atoms with Gasteiger partial charge in [0, 0.05) is 24.3 Å². The second-order valence-electron chi connectivity index (χ2n) is 8.39. The van der Waals surface area contributed by atoms with Gasteiger partial charge in [-0.1, -0.05) is 24.3 Å². The molecule has 0 radical (unpaired) electrons. The number of hydrogen-bond donors (Lipinski definition) is 2. The third-order valence-electron chi connectivity index (χ3n) is 5.87. The number of aryl methyl sites for hydroxylation is 2. The van der Waals surface area contributed by atoms with Crippen molar-refractivity contribution in [1.82, 2.24) is 4.31 Å². The number of carbonyl (C=O) groups is 1. The van der Waals surface area contributed by atoms with Gasteiger partial charge in [0.2, 0.25) is 10.0 Å². The number of benzene rings is 3. The van der Waals surface area contributed by atoms with Gasteiger partial charge >= 0.3 is 0 Å². The average Bonchev–Trinajstić information content (AvgIpc) is 2.86. The van der Waals surface area contributed by atoms with Gasteiger partial charge < -0.3 is 10.1 Å². The molecule has 3 aromatic carbocycles. The van der Waals surface area contributed by atoms with Crippen molar-refractivity contribution in [1.29, 1.82) is 0 Å². The highest BCUT2D eigenvalue weighted by atomic mass is 32.2. The minimum atomic E-state index is -3.82. The third kappa shape index (κ3) is 5.59. The maximum absolute atomic E-state index is 13.0. The molecule has 2 N–H and O–H groups in total. The van der Waals surface area contributed by atoms with E-state index in [0.717, 1.165) is 5.56 Å². The molecule has 1 amide bonds. The Morgan fingerprint density at radius 2 is 1.47 bits per heavy atom. The number of carbonyl (C=O) groups excluding carboxylic acids is 1. The van der Waals surface area contributed by atoms with Crippen LogP contribution in [-0.2, 0) is 24.8 Å². The Morgan fingerprint density at radius 1 is 0.833 bits per heavy atom. The van der Waals surface area contributed by atoms with Crippen LogP contribution in [-0.4, -0.2) is 53.4 Å². The van der Waals surface area contributed by atoms with Gasteiger partial charge in [0.15, 0.2) is 0 Å². The number of amides is 1. The van der Waals surface area contributed by atoms with Gasteiger partial charge in [-0.05, 0) is 67.4 Å². The third-order valence-corrected chi connectivity index (χ3v) is 9.15. The highest BCUT2D eigenvalue weighted by Gasteiger charge is 2.27. The van der Waals surface area contributed by atoms with E-state index in [0.29, 0.717) is 30.2 Å². The number of nitrogens with zero attached hydrogens (tertiary/aromatic N) is 1. The molecule has 4 rings (SSSR count). The molecule has 190 valence electrons. The van der Waals surface area contributed by atoms with Gasteiger partial charge in [-0.2, -0.15) is 4.31 Å². The van der Waals surface area contributed by atoms with E-state index in [1.807, 2.05) is 6.07 Å². The van der Waals surface area contributed by atoms with Gasteiger partial charge in [0.1, 0.15) is 0 Å². The van der Waals surface area contributed by atoms with Gasteiger partial charge in [-0.25, -0.2) is 16.8 Å². The predicted molar refractivity (Wildman–Crippen MR) is 137 cm³/mol. The summed E-state index contributed by atoms with van der Waals surface area (Å²) in [5.74, 6) is -0.500. The molecule has 0 unspecified atom stereocenters. The standard InChI is InChI=1S/C25H27N3O6S2/c1-18-7-10-22(36(32,33)28-13-15-34-16-14-28)17-23(18)25(29)26-20-8-11-21(12-9-20)35(30,31)27-24-6-4-3-5-19(24)2/h3-12,17,27H,13-16H2,1-2H3,(H,26,29). The molecule has 0 atom stereocenters. The molecule has 0 spiro atoms. The lowest BCUT2D eigenvalue weighted by Crippen LogP contribution is -2.40. The van der Waals surface area contributed by atoms with Crippen LogP contribution in [0.1, 0.15) is 21.5 Å². The first-order valence-corrected chi connectivity index (χ1v) is 14.2. The van der Waals surface area contributed by atoms with Crippen molar-refractivity contribution in [3.05, 3.63) is 83.4 Å². The summed E-state index contributed by atoms with van der Waals surface area (Å²) in [6.45, 7) is 4.68. The van der Waals surface area contributed by atoms with Gasteiger partial charge in [-0.3, -0.25) is 9.52 Å². The zero-order valence-electron chi connectivity index (χ0n) is 19.9. The Hall–Kier alpha value is -3.25. The highest BCUT2D eigenvalue weighted by Crippen LogP contribution is 2.23. The molecule has 36 heavy (non-hydrogen) atoms. The number of ether oxygens (including phenoxy) is 1. The van der Waals surface area contributed by atoms with Crippen LogP contribution in [0.2, 0.25) is 0 Å². The minimum Gasteiger partial charge on any atom is -0.379 e. The second kappa shape index (κ2) is 10.4. The van der Waals surface area contributed by atoms with Gasteiger partial charge in [-0.15, -0.1) is 0 Å². The highest BCUT2D eigenvalue weighted by molar-refractivity contribution is 7.92. The first-order valence-electron chi connectivity index (χ1n) is 11.3. The molecule has 1 saturated heterocycles. The monoisotopic (exact) mass is 529 g/mol. The van der Waals surface area contributed by atoms with Crippen molar-refractivity contribution in [3.63, 3.8) is 0 Å². The molecule has 1 aliphatic heterocycles. The molecular formula is C25H27N3O6S2. The average molecular weight is 530 g/mol. The van der Waals surface area contributed by atoms with E-state index in [2.05, 4.69) is 10.0 Å². The van der Waals surface area contributed by atoms with E-state index < -0.39 is 26.0 Å². The summed E-state index contributed by atoms with van der Waals surface area (Å²) in [6, 6.07) is 17.2. The Labute approximate surface area is 211 Å². The van der Waals surface area contributed by atoms with Gasteiger partial charge in [0.05, 0.1) is 28.7 Å². The van der Waals surface area contributed by atoms with Crippen LogP contribution in [0.15, 0.2) is 76.5 Å². The first-order chi connectivity index (χ1) is 17.1. The molecule has 1 heterocycles. The fourth-order valence-electron chi connectivity index (χ4n) is 3.75. The number of hydrogen-bond acceptors (Lipinski definition) is 6. The van der Waals surface area contributed by atoms with Crippen molar-refractivity contribution in [2.75, 3.05) is 36.3 Å². The number of rotatable bonds is 7. The summed E-state index contributed by atoms with van der Waals surface area (Å²) >= 11 is 0. The largest absolute Gasteiger partial charge is 0.379 e. The normalized spacial score (nSPS) is 14.8. The van der Waals surface area contributed by atoms with E-state index in [-0.39, 0.29) is 28.4 Å². The molecule has 3 aromatic rings. The van der Waals surface area contributed by atoms with Crippen LogP contribution in [0, 0.1) is 13.8 Å². The first kappa shape index (κ1) is 25.8. The Morgan fingerprint density at radius 3 is 2.14 bits per heavy atom. The smallest absolute Gasteiger partial charge is 0.261 e. The molecule has 11 heteroatoms. The van der Waals surface area contributed by atoms with E-state index in [4.69, 9.17) is 4.74 Å². The van der Waals surface area contributed by atoms with Crippen LogP contribution in [0.5, 0.6) is 0 Å². The van der Waals surface area contributed by atoms with E-state index >= 15 is 0 Å². The zero-order valence-corrected chi connectivity index (χ0v) is 21.5. The lowest BCUT2D eigenvalue weighted by Gasteiger charge is -2.26. The lowest BCUT2D eigenvalue weighted by atomic mass is 10.1. The lowest BCUT2D eigenvalue weighted by molar-refractivity contribution is 0.0730. The van der Waals surface area contributed by atoms with Crippen molar-refractivity contribution in [2.24, 2.45) is 0 Å². The number of anilines is 2. The van der Waals surface area contributed by atoms with Crippen molar-refractivity contribution in [3.8, 4) is 0 Å². The summed E-state index contributed by atoms with van der Waals surface area (Å²) in [5.41, 5.74) is 2.46. The van der Waals surface area contributed by atoms with Gasteiger partial charge in [0.25, 0.3) is 15.9 Å². The molecule has 0 aliphatic carbocycles. The summed E-state index contributed by atoms with van der Waals surface area (Å²) < 4.78 is 60.6. The summed E-state index contributed by atoms with van der Waals surface area (Å²) in [7, 11) is -7.57.